The van der Waals surface area contributed by atoms with E-state index in [9.17, 15) is 4.79 Å². The van der Waals surface area contributed by atoms with Crippen molar-refractivity contribution in [3.05, 3.63) is 35.9 Å². The molecule has 1 fully saturated rings. The van der Waals surface area contributed by atoms with E-state index in [4.69, 9.17) is 9.47 Å². The topological polar surface area (TPSA) is 38.8 Å². The maximum atomic E-state index is 12.5. The third-order valence-electron chi connectivity index (χ3n) is 4.39. The number of rotatable bonds is 2. The summed E-state index contributed by atoms with van der Waals surface area (Å²) in [5, 5.41) is 0. The zero-order valence-corrected chi connectivity index (χ0v) is 11.2. The van der Waals surface area contributed by atoms with Gasteiger partial charge in [0.05, 0.1) is 12.5 Å². The Morgan fingerprint density at radius 2 is 2.15 bits per heavy atom. The van der Waals surface area contributed by atoms with Crippen LogP contribution in [0.25, 0.3) is 0 Å². The van der Waals surface area contributed by atoms with Crippen molar-refractivity contribution in [2.24, 2.45) is 0 Å². The van der Waals surface area contributed by atoms with Gasteiger partial charge in [-0.2, -0.15) is 0 Å². The van der Waals surface area contributed by atoms with Gasteiger partial charge in [-0.25, -0.2) is 0 Å². The zero-order chi connectivity index (χ0) is 13.5. The van der Waals surface area contributed by atoms with Crippen molar-refractivity contribution in [2.75, 3.05) is 6.79 Å². The highest BCUT2D eigenvalue weighted by atomic mass is 16.7. The molecule has 4 nitrogen and oxygen atoms in total. The molecule has 0 aromatic heterocycles. The van der Waals surface area contributed by atoms with E-state index in [-0.39, 0.29) is 12.7 Å². The summed E-state index contributed by atoms with van der Waals surface area (Å²) in [6.07, 6.45) is 8.08. The van der Waals surface area contributed by atoms with Crippen LogP contribution in [0, 0.1) is 0 Å². The van der Waals surface area contributed by atoms with Gasteiger partial charge in [-0.15, -0.1) is 0 Å². The molecule has 4 rings (SSSR count). The summed E-state index contributed by atoms with van der Waals surface area (Å²) < 4.78 is 10.7. The number of carbonyl (C=O) groups is 1. The summed E-state index contributed by atoms with van der Waals surface area (Å²) >= 11 is 0. The molecule has 3 aliphatic heterocycles. The molecule has 4 heteroatoms. The molecular formula is C16H17NO3. The minimum Gasteiger partial charge on any atom is -0.454 e. The van der Waals surface area contributed by atoms with E-state index in [1.54, 1.807) is 0 Å². The molecule has 104 valence electrons. The second kappa shape index (κ2) is 4.54. The first kappa shape index (κ1) is 11.8. The molecular weight excluding hydrogens is 254 g/mol. The third-order valence-corrected chi connectivity index (χ3v) is 4.39. The molecule has 1 aromatic rings. The maximum absolute atomic E-state index is 12.5. The van der Waals surface area contributed by atoms with E-state index in [2.05, 4.69) is 17.1 Å². The van der Waals surface area contributed by atoms with Crippen LogP contribution in [-0.2, 0) is 11.2 Å². The lowest BCUT2D eigenvalue weighted by Crippen LogP contribution is -2.42. The SMILES string of the molecule is O=C(Cc1ccc2c(c1)OCO2)N1C2C=CCC1CC2. The lowest BCUT2D eigenvalue weighted by Gasteiger charge is -2.31. The number of fused-ring (bicyclic) bond motifs is 3. The first-order chi connectivity index (χ1) is 9.81. The highest BCUT2D eigenvalue weighted by Crippen LogP contribution is 2.34. The Bertz CT molecular complexity index is 581. The van der Waals surface area contributed by atoms with Crippen LogP contribution in [0.4, 0.5) is 0 Å². The van der Waals surface area contributed by atoms with Crippen molar-refractivity contribution in [1.29, 1.82) is 0 Å². The highest BCUT2D eigenvalue weighted by Gasteiger charge is 2.36. The monoisotopic (exact) mass is 271 g/mol. The van der Waals surface area contributed by atoms with Crippen LogP contribution >= 0.6 is 0 Å². The maximum Gasteiger partial charge on any atom is 0.231 e. The normalized spacial score (nSPS) is 26.1. The van der Waals surface area contributed by atoms with E-state index in [1.165, 1.54) is 0 Å². The molecule has 1 amide bonds. The molecule has 1 saturated heterocycles. The molecule has 20 heavy (non-hydrogen) atoms. The Morgan fingerprint density at radius 1 is 1.25 bits per heavy atom. The van der Waals surface area contributed by atoms with Gasteiger partial charge in [0.15, 0.2) is 11.5 Å². The fourth-order valence-corrected chi connectivity index (χ4v) is 3.43. The highest BCUT2D eigenvalue weighted by molar-refractivity contribution is 5.80. The van der Waals surface area contributed by atoms with Crippen LogP contribution in [0.2, 0.25) is 0 Å². The first-order valence-corrected chi connectivity index (χ1v) is 7.17. The molecule has 0 N–H and O–H groups in total. The summed E-state index contributed by atoms with van der Waals surface area (Å²) in [4.78, 5) is 14.6. The molecule has 0 radical (unpaired) electrons. The number of nitrogens with zero attached hydrogens (tertiary/aromatic N) is 1. The van der Waals surface area contributed by atoms with E-state index < -0.39 is 0 Å². The minimum absolute atomic E-state index is 0.223. The van der Waals surface area contributed by atoms with Crippen LogP contribution in [0.5, 0.6) is 11.5 Å². The van der Waals surface area contributed by atoms with Crippen molar-refractivity contribution >= 4 is 5.91 Å². The van der Waals surface area contributed by atoms with Crippen LogP contribution in [0.15, 0.2) is 30.4 Å². The predicted molar refractivity (Wildman–Crippen MR) is 73.7 cm³/mol. The van der Waals surface area contributed by atoms with Crippen LogP contribution < -0.4 is 9.47 Å². The summed E-state index contributed by atoms with van der Waals surface area (Å²) in [5.41, 5.74) is 0.994. The summed E-state index contributed by atoms with van der Waals surface area (Å²) in [6.45, 7) is 0.272. The van der Waals surface area contributed by atoms with Crippen molar-refractivity contribution in [3.63, 3.8) is 0 Å². The van der Waals surface area contributed by atoms with Crippen LogP contribution in [0.3, 0.4) is 0 Å². The summed E-state index contributed by atoms with van der Waals surface area (Å²) in [6, 6.07) is 6.48. The number of amides is 1. The number of benzene rings is 1. The first-order valence-electron chi connectivity index (χ1n) is 7.17. The average Bonchev–Trinajstić information content (AvgIpc) is 3.01. The van der Waals surface area contributed by atoms with Gasteiger partial charge in [0.1, 0.15) is 0 Å². The van der Waals surface area contributed by atoms with Crippen molar-refractivity contribution in [3.8, 4) is 11.5 Å². The fraction of sp³-hybridized carbons (Fsp3) is 0.438. The number of ether oxygens (including phenoxy) is 2. The van der Waals surface area contributed by atoms with E-state index in [0.717, 1.165) is 36.3 Å². The van der Waals surface area contributed by atoms with Gasteiger partial charge in [0.2, 0.25) is 12.7 Å². The Hall–Kier alpha value is -1.97. The average molecular weight is 271 g/mol. The number of hydrogen-bond donors (Lipinski definition) is 0. The second-order valence-corrected chi connectivity index (χ2v) is 5.63. The second-order valence-electron chi connectivity index (χ2n) is 5.63. The van der Waals surface area contributed by atoms with Crippen molar-refractivity contribution in [2.45, 2.75) is 37.8 Å². The molecule has 2 bridgehead atoms. The molecule has 0 spiro atoms. The Balaban J connectivity index is 1.52. The lowest BCUT2D eigenvalue weighted by atomic mass is 10.1. The molecule has 0 saturated carbocycles. The van der Waals surface area contributed by atoms with E-state index in [1.807, 2.05) is 18.2 Å². The van der Waals surface area contributed by atoms with Gasteiger partial charge >= 0.3 is 0 Å². The van der Waals surface area contributed by atoms with E-state index >= 15 is 0 Å². The summed E-state index contributed by atoms with van der Waals surface area (Å²) in [7, 11) is 0. The Labute approximate surface area is 118 Å². The Kier molecular flexibility index (Phi) is 2.69. The molecule has 3 heterocycles. The van der Waals surface area contributed by atoms with Gasteiger partial charge in [0.25, 0.3) is 0 Å². The summed E-state index contributed by atoms with van der Waals surface area (Å²) in [5.74, 6) is 1.74. The number of carbonyl (C=O) groups excluding carboxylic acids is 1. The lowest BCUT2D eigenvalue weighted by molar-refractivity contribution is -0.132. The quantitative estimate of drug-likeness (QED) is 0.775. The molecule has 1 aromatic carbocycles. The zero-order valence-electron chi connectivity index (χ0n) is 11.2. The van der Waals surface area contributed by atoms with Gasteiger partial charge in [-0.05, 0) is 37.0 Å². The van der Waals surface area contributed by atoms with Crippen LogP contribution in [-0.4, -0.2) is 29.7 Å². The molecule has 0 aliphatic carbocycles. The van der Waals surface area contributed by atoms with Crippen LogP contribution in [0.1, 0.15) is 24.8 Å². The fourth-order valence-electron chi connectivity index (χ4n) is 3.43. The molecule has 3 aliphatic rings. The number of hydrogen-bond acceptors (Lipinski definition) is 3. The Morgan fingerprint density at radius 3 is 3.05 bits per heavy atom. The smallest absolute Gasteiger partial charge is 0.231 e. The van der Waals surface area contributed by atoms with Crippen molar-refractivity contribution < 1.29 is 14.3 Å². The van der Waals surface area contributed by atoms with Gasteiger partial charge < -0.3 is 14.4 Å². The predicted octanol–water partition coefficient (Wildman–Crippen LogP) is 2.28. The van der Waals surface area contributed by atoms with Gasteiger partial charge in [0, 0.05) is 6.04 Å². The largest absolute Gasteiger partial charge is 0.454 e. The standard InChI is InChI=1S/C16H17NO3/c18-16(17-12-2-1-3-13(17)6-5-12)9-11-4-7-14-15(8-11)20-10-19-14/h1-2,4,7-8,12-13H,3,5-6,9-10H2. The van der Waals surface area contributed by atoms with Crippen molar-refractivity contribution in [1.82, 2.24) is 4.90 Å². The minimum atomic E-state index is 0.223. The van der Waals surface area contributed by atoms with E-state index in [0.29, 0.717) is 18.5 Å². The molecule has 2 unspecified atom stereocenters. The molecule has 2 atom stereocenters. The van der Waals surface area contributed by atoms with Gasteiger partial charge in [-0.1, -0.05) is 18.2 Å². The third kappa shape index (κ3) is 1.87. The van der Waals surface area contributed by atoms with Gasteiger partial charge in [-0.3, -0.25) is 4.79 Å².